The van der Waals surface area contributed by atoms with Gasteiger partial charge in [-0.3, -0.25) is 0 Å². The van der Waals surface area contributed by atoms with E-state index >= 15 is 0 Å². The molecule has 9 heavy (non-hydrogen) atoms. The SMILES string of the molecule is CC/C=C(/CC)C(C)=N. The van der Waals surface area contributed by atoms with E-state index in [9.17, 15) is 0 Å². The summed E-state index contributed by atoms with van der Waals surface area (Å²) in [7, 11) is 0. The van der Waals surface area contributed by atoms with Crippen LogP contribution < -0.4 is 0 Å². The lowest BCUT2D eigenvalue weighted by atomic mass is 10.1. The summed E-state index contributed by atoms with van der Waals surface area (Å²) < 4.78 is 0. The highest BCUT2D eigenvalue weighted by Crippen LogP contribution is 2.02. The lowest BCUT2D eigenvalue weighted by Crippen LogP contribution is -1.92. The Morgan fingerprint density at radius 3 is 2.11 bits per heavy atom. The van der Waals surface area contributed by atoms with E-state index in [0.717, 1.165) is 12.8 Å². The van der Waals surface area contributed by atoms with Crippen LogP contribution in [0, 0.1) is 5.41 Å². The molecule has 0 bridgehead atoms. The monoisotopic (exact) mass is 125 g/mol. The molecule has 0 atom stereocenters. The summed E-state index contributed by atoms with van der Waals surface area (Å²) in [4.78, 5) is 0. The largest absolute Gasteiger partial charge is 0.305 e. The number of hydrogen-bond donors (Lipinski definition) is 1. The second-order valence-electron chi connectivity index (χ2n) is 2.12. The summed E-state index contributed by atoms with van der Waals surface area (Å²) in [5.41, 5.74) is 1.89. The van der Waals surface area contributed by atoms with Crippen LogP contribution in [0.4, 0.5) is 0 Å². The van der Waals surface area contributed by atoms with E-state index in [1.54, 1.807) is 0 Å². The van der Waals surface area contributed by atoms with E-state index in [1.165, 1.54) is 5.57 Å². The van der Waals surface area contributed by atoms with Gasteiger partial charge >= 0.3 is 0 Å². The molecule has 0 aliphatic heterocycles. The third-order valence-electron chi connectivity index (χ3n) is 1.31. The van der Waals surface area contributed by atoms with Gasteiger partial charge < -0.3 is 5.41 Å². The molecule has 0 saturated carbocycles. The number of allylic oxidation sites excluding steroid dienone is 2. The first kappa shape index (κ1) is 8.41. The fourth-order valence-corrected chi connectivity index (χ4v) is 0.809. The van der Waals surface area contributed by atoms with E-state index in [-0.39, 0.29) is 0 Å². The van der Waals surface area contributed by atoms with Crippen LogP contribution in [0.3, 0.4) is 0 Å². The standard InChI is InChI=1S/C8H15N/c1-4-6-8(5-2)7(3)9/h6,9H,4-5H2,1-3H3/b8-6-,9-7?. The van der Waals surface area contributed by atoms with Gasteiger partial charge in [-0.05, 0) is 25.3 Å². The van der Waals surface area contributed by atoms with E-state index in [4.69, 9.17) is 5.41 Å². The van der Waals surface area contributed by atoms with Crippen LogP contribution in [0.25, 0.3) is 0 Å². The van der Waals surface area contributed by atoms with Crippen molar-refractivity contribution >= 4 is 5.71 Å². The molecule has 0 amide bonds. The van der Waals surface area contributed by atoms with E-state index < -0.39 is 0 Å². The third-order valence-corrected chi connectivity index (χ3v) is 1.31. The Hall–Kier alpha value is -0.590. The molecule has 0 unspecified atom stereocenters. The van der Waals surface area contributed by atoms with Crippen molar-refractivity contribution < 1.29 is 0 Å². The zero-order valence-electron chi connectivity index (χ0n) is 6.49. The molecule has 0 aliphatic rings. The van der Waals surface area contributed by atoms with Gasteiger partial charge in [-0.1, -0.05) is 19.9 Å². The van der Waals surface area contributed by atoms with Gasteiger partial charge in [0.1, 0.15) is 0 Å². The zero-order chi connectivity index (χ0) is 7.28. The first-order valence-corrected chi connectivity index (χ1v) is 3.46. The molecular weight excluding hydrogens is 110 g/mol. The molecule has 1 N–H and O–H groups in total. The molecule has 0 radical (unpaired) electrons. The third kappa shape index (κ3) is 3.07. The number of rotatable bonds is 3. The van der Waals surface area contributed by atoms with E-state index in [0.29, 0.717) is 5.71 Å². The van der Waals surface area contributed by atoms with E-state index in [1.807, 2.05) is 6.92 Å². The quantitative estimate of drug-likeness (QED) is 0.561. The maximum absolute atomic E-state index is 7.29. The van der Waals surface area contributed by atoms with Crippen molar-refractivity contribution in [3.05, 3.63) is 11.6 Å². The Morgan fingerprint density at radius 2 is 2.00 bits per heavy atom. The maximum atomic E-state index is 7.29. The lowest BCUT2D eigenvalue weighted by molar-refractivity contribution is 1.11. The molecule has 0 heterocycles. The molecule has 0 rings (SSSR count). The Balaban J connectivity index is 3.98. The summed E-state index contributed by atoms with van der Waals surface area (Å²) in [5, 5.41) is 7.29. The average molecular weight is 125 g/mol. The molecule has 0 aromatic heterocycles. The topological polar surface area (TPSA) is 23.9 Å². The molecule has 0 saturated heterocycles. The van der Waals surface area contributed by atoms with Crippen LogP contribution >= 0.6 is 0 Å². The van der Waals surface area contributed by atoms with Crippen molar-refractivity contribution in [1.82, 2.24) is 0 Å². The lowest BCUT2D eigenvalue weighted by Gasteiger charge is -1.98. The molecule has 52 valence electrons. The van der Waals surface area contributed by atoms with Crippen molar-refractivity contribution in [2.45, 2.75) is 33.6 Å². The fraction of sp³-hybridized carbons (Fsp3) is 0.625. The Bertz CT molecular complexity index is 123. The number of nitrogens with one attached hydrogen (secondary N) is 1. The maximum Gasteiger partial charge on any atom is 0.0311 e. The molecule has 0 aromatic rings. The fourth-order valence-electron chi connectivity index (χ4n) is 0.809. The van der Waals surface area contributed by atoms with Gasteiger partial charge in [-0.2, -0.15) is 0 Å². The average Bonchev–Trinajstić information content (AvgIpc) is 1.82. The van der Waals surface area contributed by atoms with Crippen molar-refractivity contribution in [2.75, 3.05) is 0 Å². The summed E-state index contributed by atoms with van der Waals surface area (Å²) in [6, 6.07) is 0. The zero-order valence-corrected chi connectivity index (χ0v) is 6.49. The second kappa shape index (κ2) is 4.30. The first-order valence-electron chi connectivity index (χ1n) is 3.46. The van der Waals surface area contributed by atoms with Gasteiger partial charge in [0.15, 0.2) is 0 Å². The van der Waals surface area contributed by atoms with Crippen molar-refractivity contribution in [3.8, 4) is 0 Å². The van der Waals surface area contributed by atoms with Crippen LogP contribution in [0.5, 0.6) is 0 Å². The molecular formula is C8H15N. The highest BCUT2D eigenvalue weighted by atomic mass is 14.4. The second-order valence-corrected chi connectivity index (χ2v) is 2.12. The van der Waals surface area contributed by atoms with Crippen LogP contribution in [-0.2, 0) is 0 Å². The minimum Gasteiger partial charge on any atom is -0.305 e. The summed E-state index contributed by atoms with van der Waals surface area (Å²) in [5.74, 6) is 0. The van der Waals surface area contributed by atoms with Gasteiger partial charge in [-0.25, -0.2) is 0 Å². The Morgan fingerprint density at radius 1 is 1.44 bits per heavy atom. The normalized spacial score (nSPS) is 11.7. The molecule has 0 fully saturated rings. The molecule has 0 aliphatic carbocycles. The van der Waals surface area contributed by atoms with Crippen LogP contribution in [0.15, 0.2) is 11.6 Å². The van der Waals surface area contributed by atoms with Crippen molar-refractivity contribution in [2.24, 2.45) is 0 Å². The first-order chi connectivity index (χ1) is 4.22. The van der Waals surface area contributed by atoms with Crippen LogP contribution in [-0.4, -0.2) is 5.71 Å². The van der Waals surface area contributed by atoms with Crippen molar-refractivity contribution in [3.63, 3.8) is 0 Å². The van der Waals surface area contributed by atoms with Crippen LogP contribution in [0.2, 0.25) is 0 Å². The highest BCUT2D eigenvalue weighted by molar-refractivity contribution is 5.95. The predicted molar refractivity (Wildman–Crippen MR) is 42.1 cm³/mol. The summed E-state index contributed by atoms with van der Waals surface area (Å²) in [6.07, 6.45) is 4.14. The molecule has 1 heteroatoms. The van der Waals surface area contributed by atoms with E-state index in [2.05, 4.69) is 19.9 Å². The van der Waals surface area contributed by atoms with Gasteiger partial charge in [0.25, 0.3) is 0 Å². The van der Waals surface area contributed by atoms with Gasteiger partial charge in [0, 0.05) is 5.71 Å². The molecule has 1 nitrogen and oxygen atoms in total. The molecule has 0 aromatic carbocycles. The minimum atomic E-state index is 0.708. The smallest absolute Gasteiger partial charge is 0.0311 e. The summed E-state index contributed by atoms with van der Waals surface area (Å²) in [6.45, 7) is 6.02. The Kier molecular flexibility index (Phi) is 4.02. The number of hydrogen-bond acceptors (Lipinski definition) is 1. The van der Waals surface area contributed by atoms with Gasteiger partial charge in [0.2, 0.25) is 0 Å². The van der Waals surface area contributed by atoms with Gasteiger partial charge in [-0.15, -0.1) is 0 Å². The Labute approximate surface area is 57.3 Å². The highest BCUT2D eigenvalue weighted by Gasteiger charge is 1.92. The molecule has 0 spiro atoms. The van der Waals surface area contributed by atoms with Gasteiger partial charge in [0.05, 0.1) is 0 Å². The predicted octanol–water partition coefficient (Wildman–Crippen LogP) is 2.77. The van der Waals surface area contributed by atoms with Crippen molar-refractivity contribution in [1.29, 1.82) is 5.41 Å². The minimum absolute atomic E-state index is 0.708. The van der Waals surface area contributed by atoms with Crippen LogP contribution in [0.1, 0.15) is 33.6 Å². The summed E-state index contributed by atoms with van der Waals surface area (Å²) >= 11 is 0.